The van der Waals surface area contributed by atoms with Crippen molar-refractivity contribution < 1.29 is 26.4 Å². The molecule has 2 N–H and O–H groups in total. The van der Waals surface area contributed by atoms with Crippen molar-refractivity contribution in [3.63, 3.8) is 0 Å². The van der Waals surface area contributed by atoms with Crippen molar-refractivity contribution in [2.75, 3.05) is 18.6 Å². The Morgan fingerprint density at radius 3 is 2.45 bits per heavy atom. The van der Waals surface area contributed by atoms with Crippen molar-refractivity contribution >= 4 is 32.9 Å². The van der Waals surface area contributed by atoms with E-state index in [1.165, 1.54) is 30.8 Å². The van der Waals surface area contributed by atoms with E-state index in [1.54, 1.807) is 0 Å². The molecule has 3 heterocycles. The van der Waals surface area contributed by atoms with E-state index in [-0.39, 0.29) is 33.4 Å². The summed E-state index contributed by atoms with van der Waals surface area (Å²) in [5.74, 6) is -0.0459. The first-order chi connectivity index (χ1) is 13.4. The predicted molar refractivity (Wildman–Crippen MR) is 95.7 cm³/mol. The average Bonchev–Trinajstić information content (AvgIpc) is 2.96. The zero-order valence-corrected chi connectivity index (χ0v) is 16.1. The second-order valence-corrected chi connectivity index (χ2v) is 7.93. The summed E-state index contributed by atoms with van der Waals surface area (Å²) in [6, 6.07) is 2.61. The molecule has 0 spiro atoms. The zero-order valence-electron chi connectivity index (χ0n) is 15.2. The van der Waals surface area contributed by atoms with Gasteiger partial charge in [-0.05, 0) is 12.1 Å². The van der Waals surface area contributed by atoms with Crippen molar-refractivity contribution in [3.8, 4) is 11.5 Å². The number of halogens is 3. The highest BCUT2D eigenvalue weighted by molar-refractivity contribution is 7.90. The van der Waals surface area contributed by atoms with Crippen LogP contribution in [0.3, 0.4) is 0 Å². The van der Waals surface area contributed by atoms with Gasteiger partial charge in [0.2, 0.25) is 0 Å². The van der Waals surface area contributed by atoms with E-state index >= 15 is 0 Å². The van der Waals surface area contributed by atoms with Crippen molar-refractivity contribution in [1.82, 2.24) is 30.0 Å². The maximum atomic E-state index is 12.9. The van der Waals surface area contributed by atoms with Crippen LogP contribution in [0, 0.1) is 0 Å². The van der Waals surface area contributed by atoms with E-state index < -0.39 is 27.7 Å². The summed E-state index contributed by atoms with van der Waals surface area (Å²) in [6.07, 6.45) is -3.77. The molecule has 0 saturated carbocycles. The first-order valence-corrected chi connectivity index (χ1v) is 9.78. The van der Waals surface area contributed by atoms with Crippen LogP contribution in [-0.4, -0.2) is 52.5 Å². The Labute approximate surface area is 162 Å². The van der Waals surface area contributed by atoms with E-state index in [0.29, 0.717) is 6.07 Å². The lowest BCUT2D eigenvalue weighted by Gasteiger charge is -2.10. The first kappa shape index (κ1) is 20.4. The molecular formula is C15H14F3N7O3S. The Kier molecular flexibility index (Phi) is 4.90. The van der Waals surface area contributed by atoms with Crippen LogP contribution < -0.4 is 10.6 Å². The number of carbonyl (C=O) groups is 1. The van der Waals surface area contributed by atoms with Crippen molar-refractivity contribution in [2.45, 2.75) is 11.1 Å². The molecule has 0 aliphatic rings. The highest BCUT2D eigenvalue weighted by atomic mass is 32.2. The molecule has 10 nitrogen and oxygen atoms in total. The van der Waals surface area contributed by atoms with Gasteiger partial charge in [-0.15, -0.1) is 10.2 Å². The molecule has 0 saturated heterocycles. The summed E-state index contributed by atoms with van der Waals surface area (Å²) in [7, 11) is -0.970. The van der Waals surface area contributed by atoms with Gasteiger partial charge in [0.1, 0.15) is 17.0 Å². The quantitative estimate of drug-likeness (QED) is 0.646. The predicted octanol–water partition coefficient (Wildman–Crippen LogP) is 1.60. The lowest BCUT2D eigenvalue weighted by molar-refractivity contribution is -0.141. The lowest BCUT2D eigenvalue weighted by atomic mass is 10.3. The first-order valence-electron chi connectivity index (χ1n) is 7.89. The molecule has 3 rings (SSSR count). The number of hydrogen-bond donors (Lipinski definition) is 2. The second kappa shape index (κ2) is 6.95. The number of carbonyl (C=O) groups excluding carboxylic acids is 1. The van der Waals surface area contributed by atoms with E-state index in [9.17, 15) is 26.4 Å². The fourth-order valence-corrected chi connectivity index (χ4v) is 3.29. The van der Waals surface area contributed by atoms with Crippen LogP contribution in [0.15, 0.2) is 23.1 Å². The molecule has 3 aromatic heterocycles. The molecule has 154 valence electrons. The van der Waals surface area contributed by atoms with Crippen molar-refractivity contribution in [2.24, 2.45) is 7.05 Å². The van der Waals surface area contributed by atoms with Crippen LogP contribution in [0.2, 0.25) is 0 Å². The number of imidazole rings is 1. The van der Waals surface area contributed by atoms with Gasteiger partial charge in [0.15, 0.2) is 27.0 Å². The van der Waals surface area contributed by atoms with Gasteiger partial charge in [0.25, 0.3) is 0 Å². The van der Waals surface area contributed by atoms with Gasteiger partial charge < -0.3 is 9.88 Å². The summed E-state index contributed by atoms with van der Waals surface area (Å²) in [5.41, 5.74) is -1.54. The molecule has 3 aromatic rings. The summed E-state index contributed by atoms with van der Waals surface area (Å²) >= 11 is 0. The largest absolute Gasteiger partial charge is 0.435 e. The van der Waals surface area contributed by atoms with Gasteiger partial charge >= 0.3 is 12.2 Å². The molecule has 0 aliphatic carbocycles. The number of alkyl halides is 3. The molecule has 0 aromatic carbocycles. The van der Waals surface area contributed by atoms with E-state index in [0.717, 1.165) is 6.26 Å². The summed E-state index contributed by atoms with van der Waals surface area (Å²) < 4.78 is 64.3. The number of anilines is 1. The Bertz CT molecular complexity index is 1220. The molecule has 29 heavy (non-hydrogen) atoms. The number of aromatic nitrogens is 5. The lowest BCUT2D eigenvalue weighted by Crippen LogP contribution is -2.25. The Morgan fingerprint density at radius 1 is 1.17 bits per heavy atom. The number of fused-ring (bicyclic) bond motifs is 1. The number of nitrogens with zero attached hydrogens (tertiary/aromatic N) is 5. The summed E-state index contributed by atoms with van der Waals surface area (Å²) in [5, 5.41) is 11.4. The smallest absolute Gasteiger partial charge is 0.341 e. The van der Waals surface area contributed by atoms with Gasteiger partial charge in [-0.3, -0.25) is 5.32 Å². The third kappa shape index (κ3) is 3.96. The van der Waals surface area contributed by atoms with Crippen molar-refractivity contribution in [3.05, 3.63) is 23.9 Å². The van der Waals surface area contributed by atoms with Crippen LogP contribution in [0.1, 0.15) is 5.69 Å². The molecule has 0 radical (unpaired) electrons. The topological polar surface area (TPSA) is 132 Å². The number of rotatable bonds is 3. The SMILES string of the molecule is CNC(=O)Nc1ccc(S(C)(=O)=O)c(-c2nc3cc(C(F)(F)F)nnc3n2C)n1. The summed E-state index contributed by atoms with van der Waals surface area (Å²) in [4.78, 5) is 19.5. The highest BCUT2D eigenvalue weighted by Crippen LogP contribution is 2.31. The molecule has 0 bridgehead atoms. The Morgan fingerprint density at radius 2 is 1.86 bits per heavy atom. The fourth-order valence-electron chi connectivity index (χ4n) is 2.49. The maximum Gasteiger partial charge on any atom is 0.435 e. The van der Waals surface area contributed by atoms with Gasteiger partial charge in [-0.2, -0.15) is 13.2 Å². The normalized spacial score (nSPS) is 12.2. The van der Waals surface area contributed by atoms with E-state index in [4.69, 9.17) is 0 Å². The number of nitrogens with one attached hydrogen (secondary N) is 2. The van der Waals surface area contributed by atoms with Crippen LogP contribution in [0.5, 0.6) is 0 Å². The number of urea groups is 1. The third-order valence-corrected chi connectivity index (χ3v) is 4.97. The number of sulfone groups is 1. The van der Waals surface area contributed by atoms with Gasteiger partial charge in [-0.25, -0.2) is 23.2 Å². The molecule has 0 atom stereocenters. The third-order valence-electron chi connectivity index (χ3n) is 3.85. The van der Waals surface area contributed by atoms with Crippen LogP contribution in [0.25, 0.3) is 22.7 Å². The number of hydrogen-bond acceptors (Lipinski definition) is 7. The van der Waals surface area contributed by atoms with Crippen LogP contribution in [-0.2, 0) is 23.1 Å². The minimum atomic E-state index is -4.72. The Hall–Kier alpha value is -3.29. The molecule has 0 fully saturated rings. The van der Waals surface area contributed by atoms with Gasteiger partial charge in [-0.1, -0.05) is 0 Å². The number of aryl methyl sites for hydroxylation is 1. The van der Waals surface area contributed by atoms with E-state index in [2.05, 4.69) is 30.8 Å². The molecule has 2 amide bonds. The molecule has 0 unspecified atom stereocenters. The monoisotopic (exact) mass is 429 g/mol. The van der Waals surface area contributed by atoms with Gasteiger partial charge in [0.05, 0.1) is 4.90 Å². The molecule has 14 heteroatoms. The maximum absolute atomic E-state index is 12.9. The summed E-state index contributed by atoms with van der Waals surface area (Å²) in [6.45, 7) is 0. The minimum Gasteiger partial charge on any atom is -0.341 e. The minimum absolute atomic E-state index is 0.00101. The second-order valence-electron chi connectivity index (χ2n) is 5.95. The molecular weight excluding hydrogens is 415 g/mol. The molecule has 0 aliphatic heterocycles. The average molecular weight is 429 g/mol. The number of amides is 2. The fraction of sp³-hybridized carbons (Fsp3) is 0.267. The van der Waals surface area contributed by atoms with Crippen LogP contribution >= 0.6 is 0 Å². The number of pyridine rings is 1. The Balaban J connectivity index is 2.25. The standard InChI is InChI=1S/C15H14F3N7O3S/c1-19-14(26)22-10-5-4-8(29(3,27)28)11(21-10)13-20-7-6-9(15(16,17)18)23-24-12(7)25(13)2/h4-6H,1-3H3,(H2,19,21,22,26). The van der Waals surface area contributed by atoms with Gasteiger partial charge in [0, 0.05) is 26.4 Å². The van der Waals surface area contributed by atoms with Crippen LogP contribution in [0.4, 0.5) is 23.8 Å². The van der Waals surface area contributed by atoms with E-state index in [1.807, 2.05) is 0 Å². The van der Waals surface area contributed by atoms with Crippen molar-refractivity contribution in [1.29, 1.82) is 0 Å². The zero-order chi connectivity index (χ0) is 21.6. The highest BCUT2D eigenvalue weighted by Gasteiger charge is 2.34.